The van der Waals surface area contributed by atoms with E-state index in [0.29, 0.717) is 28.1 Å². The lowest BCUT2D eigenvalue weighted by Crippen LogP contribution is -2.39. The molecule has 0 spiro atoms. The Labute approximate surface area is 252 Å². The number of hydrogen-bond acceptors (Lipinski definition) is 7. The Morgan fingerprint density at radius 1 is 0.953 bits per heavy atom. The van der Waals surface area contributed by atoms with E-state index in [1.54, 1.807) is 22.8 Å². The molecule has 1 atom stereocenters. The molecule has 0 N–H and O–H groups in total. The van der Waals surface area contributed by atoms with Crippen molar-refractivity contribution in [2.24, 2.45) is 4.99 Å². The standard InChI is InChI=1S/C34H31N3O5S/c1-3-41-27-15-11-22(12-16-27)19-25-8-6-10-29-31(25)35-34-36(32(29)24-13-17-28(18-14-24)42-4-2)33(38)30(43-34)21-23-7-5-9-26(20-23)37(39)40/h5,7,9,11-21,32H,3-4,6,8,10H2,1-2H3/b25-19+,30-21+/t32-/m0/s1. The molecule has 4 aromatic rings. The highest BCUT2D eigenvalue weighted by atomic mass is 32.1. The number of aromatic nitrogens is 1. The van der Waals surface area contributed by atoms with Crippen LogP contribution in [0.5, 0.6) is 11.5 Å². The molecule has 218 valence electrons. The first-order valence-corrected chi connectivity index (χ1v) is 15.2. The van der Waals surface area contributed by atoms with Crippen LogP contribution in [0.15, 0.2) is 99.4 Å². The van der Waals surface area contributed by atoms with Gasteiger partial charge in [-0.05, 0) is 97.4 Å². The molecule has 0 unspecified atom stereocenters. The van der Waals surface area contributed by atoms with Gasteiger partial charge in [-0.25, -0.2) is 4.99 Å². The molecule has 0 fully saturated rings. The summed E-state index contributed by atoms with van der Waals surface area (Å²) in [6, 6.07) is 22.0. The highest BCUT2D eigenvalue weighted by molar-refractivity contribution is 7.07. The number of non-ortho nitro benzene ring substituents is 1. The van der Waals surface area contributed by atoms with Crippen molar-refractivity contribution >= 4 is 29.2 Å². The normalized spacial score (nSPS) is 17.3. The fourth-order valence-electron chi connectivity index (χ4n) is 5.68. The van der Waals surface area contributed by atoms with E-state index in [4.69, 9.17) is 14.5 Å². The number of nitro groups is 1. The molecule has 0 bridgehead atoms. The fraction of sp³-hybridized carbons (Fsp3) is 0.235. The number of rotatable bonds is 8. The second-order valence-corrected chi connectivity index (χ2v) is 11.3. The molecule has 6 rings (SSSR count). The van der Waals surface area contributed by atoms with E-state index >= 15 is 0 Å². The summed E-state index contributed by atoms with van der Waals surface area (Å²) in [7, 11) is 0. The van der Waals surface area contributed by atoms with Crippen LogP contribution in [0.3, 0.4) is 0 Å². The van der Waals surface area contributed by atoms with E-state index in [2.05, 4.69) is 6.08 Å². The quantitative estimate of drug-likeness (QED) is 0.179. The second-order valence-electron chi connectivity index (χ2n) is 10.3. The highest BCUT2D eigenvalue weighted by Gasteiger charge is 2.32. The zero-order valence-electron chi connectivity index (χ0n) is 24.0. The number of thiazole rings is 1. The average Bonchev–Trinajstić information content (AvgIpc) is 3.32. The Bertz CT molecular complexity index is 1920. The van der Waals surface area contributed by atoms with Gasteiger partial charge in [0.2, 0.25) is 0 Å². The van der Waals surface area contributed by atoms with Crippen molar-refractivity contribution in [2.75, 3.05) is 13.2 Å². The molecule has 1 aliphatic heterocycles. The van der Waals surface area contributed by atoms with Gasteiger partial charge in [-0.15, -0.1) is 0 Å². The van der Waals surface area contributed by atoms with Crippen LogP contribution in [0.25, 0.3) is 12.2 Å². The minimum atomic E-state index is -0.433. The summed E-state index contributed by atoms with van der Waals surface area (Å²) in [4.78, 5) is 30.6. The maximum absolute atomic E-state index is 14.0. The third-order valence-electron chi connectivity index (χ3n) is 7.55. The van der Waals surface area contributed by atoms with Gasteiger partial charge in [0.05, 0.1) is 34.4 Å². The van der Waals surface area contributed by atoms with Gasteiger partial charge in [0.25, 0.3) is 11.2 Å². The zero-order chi connectivity index (χ0) is 29.9. The minimum Gasteiger partial charge on any atom is -0.494 e. The third kappa shape index (κ3) is 5.81. The van der Waals surface area contributed by atoms with Crippen molar-refractivity contribution in [3.63, 3.8) is 0 Å². The van der Waals surface area contributed by atoms with Gasteiger partial charge in [0, 0.05) is 12.1 Å². The van der Waals surface area contributed by atoms with Crippen LogP contribution in [0.4, 0.5) is 5.69 Å². The molecule has 0 radical (unpaired) electrons. The molecule has 1 aliphatic carbocycles. The molecule has 0 amide bonds. The number of hydrogen-bond donors (Lipinski definition) is 0. The smallest absolute Gasteiger partial charge is 0.271 e. The first kappa shape index (κ1) is 28.4. The number of benzene rings is 3. The molecule has 8 nitrogen and oxygen atoms in total. The number of nitrogens with zero attached hydrogens (tertiary/aromatic N) is 3. The average molecular weight is 594 g/mol. The third-order valence-corrected chi connectivity index (χ3v) is 8.53. The minimum absolute atomic E-state index is 0.0201. The van der Waals surface area contributed by atoms with Gasteiger partial charge in [-0.3, -0.25) is 19.5 Å². The van der Waals surface area contributed by atoms with Crippen molar-refractivity contribution in [3.05, 3.63) is 136 Å². The number of allylic oxidation sites excluding steroid dienone is 2. The molecule has 9 heteroatoms. The molecule has 1 aromatic heterocycles. The highest BCUT2D eigenvalue weighted by Crippen LogP contribution is 2.41. The van der Waals surface area contributed by atoms with Gasteiger partial charge in [0.1, 0.15) is 11.5 Å². The molecule has 2 aliphatic rings. The molecule has 43 heavy (non-hydrogen) atoms. The summed E-state index contributed by atoms with van der Waals surface area (Å²) in [6.07, 6.45) is 6.55. The summed E-state index contributed by atoms with van der Waals surface area (Å²) < 4.78 is 13.6. The zero-order valence-corrected chi connectivity index (χ0v) is 24.8. The molecule has 0 saturated heterocycles. The van der Waals surface area contributed by atoms with Gasteiger partial charge in [0.15, 0.2) is 4.80 Å². The first-order valence-electron chi connectivity index (χ1n) is 14.4. The summed E-state index contributed by atoms with van der Waals surface area (Å²) in [5.41, 5.74) is 5.64. The van der Waals surface area contributed by atoms with Crippen molar-refractivity contribution in [1.29, 1.82) is 0 Å². The summed E-state index contributed by atoms with van der Waals surface area (Å²) in [5, 5.41) is 11.3. The number of fused-ring (bicyclic) bond motifs is 1. The Kier molecular flexibility index (Phi) is 8.07. The van der Waals surface area contributed by atoms with Crippen LogP contribution in [-0.4, -0.2) is 22.7 Å². The lowest BCUT2D eigenvalue weighted by Gasteiger charge is -2.31. The number of nitro benzene ring substituents is 1. The van der Waals surface area contributed by atoms with E-state index in [-0.39, 0.29) is 17.3 Å². The van der Waals surface area contributed by atoms with Crippen molar-refractivity contribution in [2.45, 2.75) is 39.2 Å². The molecular weight excluding hydrogens is 562 g/mol. The van der Waals surface area contributed by atoms with Gasteiger partial charge < -0.3 is 9.47 Å². The summed E-state index contributed by atoms with van der Waals surface area (Å²) in [5.74, 6) is 1.61. The monoisotopic (exact) mass is 593 g/mol. The summed E-state index contributed by atoms with van der Waals surface area (Å²) in [6.45, 7) is 5.10. The summed E-state index contributed by atoms with van der Waals surface area (Å²) >= 11 is 1.31. The van der Waals surface area contributed by atoms with E-state index in [1.807, 2.05) is 62.4 Å². The van der Waals surface area contributed by atoms with Gasteiger partial charge in [-0.1, -0.05) is 47.7 Å². The van der Waals surface area contributed by atoms with Crippen LogP contribution in [-0.2, 0) is 0 Å². The molecular formula is C34H31N3O5S. The van der Waals surface area contributed by atoms with Crippen molar-refractivity contribution in [3.8, 4) is 11.5 Å². The maximum atomic E-state index is 14.0. The predicted octanol–water partition coefficient (Wildman–Crippen LogP) is 6.19. The van der Waals surface area contributed by atoms with E-state index in [0.717, 1.165) is 58.7 Å². The topological polar surface area (TPSA) is 96.0 Å². The maximum Gasteiger partial charge on any atom is 0.271 e. The molecule has 2 heterocycles. The Balaban J connectivity index is 1.51. The van der Waals surface area contributed by atoms with Crippen LogP contribution < -0.4 is 24.4 Å². The Hall–Kier alpha value is -4.76. The predicted molar refractivity (Wildman–Crippen MR) is 168 cm³/mol. The Morgan fingerprint density at radius 2 is 1.65 bits per heavy atom. The number of ether oxygens (including phenoxy) is 2. The second kappa shape index (κ2) is 12.2. The van der Waals surface area contributed by atoms with Crippen molar-refractivity contribution in [1.82, 2.24) is 4.57 Å². The fourth-order valence-corrected chi connectivity index (χ4v) is 6.68. The largest absolute Gasteiger partial charge is 0.494 e. The van der Waals surface area contributed by atoms with Crippen LogP contribution in [0.2, 0.25) is 0 Å². The Morgan fingerprint density at radius 3 is 2.33 bits per heavy atom. The molecule has 0 saturated carbocycles. The molecule has 3 aromatic carbocycles. The van der Waals surface area contributed by atoms with E-state index in [1.165, 1.54) is 23.5 Å². The van der Waals surface area contributed by atoms with Gasteiger partial charge in [-0.2, -0.15) is 0 Å². The van der Waals surface area contributed by atoms with Crippen LogP contribution >= 0.6 is 11.3 Å². The van der Waals surface area contributed by atoms with Crippen molar-refractivity contribution < 1.29 is 14.4 Å². The van der Waals surface area contributed by atoms with E-state index < -0.39 is 4.92 Å². The van der Waals surface area contributed by atoms with Gasteiger partial charge >= 0.3 is 0 Å². The SMILES string of the molecule is CCOc1ccc(/C=C2\CCCC3=C2N=c2s/c(=C/c4cccc([N+](=O)[O-])c4)c(=O)n2[C@H]3c2ccc(OCC)cc2)cc1. The van der Waals surface area contributed by atoms with Crippen LogP contribution in [0, 0.1) is 10.1 Å². The first-order chi connectivity index (χ1) is 20.9. The van der Waals surface area contributed by atoms with E-state index in [9.17, 15) is 14.9 Å². The van der Waals surface area contributed by atoms with Crippen LogP contribution in [0.1, 0.15) is 55.8 Å². The lowest BCUT2D eigenvalue weighted by molar-refractivity contribution is -0.384. The lowest BCUT2D eigenvalue weighted by atomic mass is 9.84.